The quantitative estimate of drug-likeness (QED) is 0.627. The predicted molar refractivity (Wildman–Crippen MR) is 48.6 cm³/mol. The van der Waals surface area contributed by atoms with Crippen LogP contribution in [-0.2, 0) is 0 Å². The number of rotatable bonds is 1. The second kappa shape index (κ2) is 5.95. The predicted octanol–water partition coefficient (Wildman–Crippen LogP) is 0.336. The third kappa shape index (κ3) is 3.18. The van der Waals surface area contributed by atoms with Crippen molar-refractivity contribution in [3.8, 4) is 5.75 Å². The van der Waals surface area contributed by atoms with Gasteiger partial charge in [-0.3, -0.25) is 0 Å². The molecule has 1 aromatic carbocycles. The summed E-state index contributed by atoms with van der Waals surface area (Å²) in [5.74, 6) is -1.31. The van der Waals surface area contributed by atoms with Gasteiger partial charge in [0, 0.05) is 0 Å². The molecule has 0 aliphatic carbocycles. The monoisotopic (exact) mass is 365 g/mol. The van der Waals surface area contributed by atoms with E-state index < -0.39 is 5.97 Å². The Balaban J connectivity index is 0. The molecule has 0 heterocycles. The van der Waals surface area contributed by atoms with Gasteiger partial charge in [0.1, 0.15) is 11.3 Å². The summed E-state index contributed by atoms with van der Waals surface area (Å²) in [4.78, 5) is 10.3. The Morgan fingerprint density at radius 2 is 1.75 bits per heavy atom. The molecule has 0 unspecified atom stereocenters. The first-order valence-electron chi connectivity index (χ1n) is 2.73. The van der Waals surface area contributed by atoms with Crippen LogP contribution in [0.25, 0.3) is 0 Å². The van der Waals surface area contributed by atoms with Crippen molar-refractivity contribution in [3.05, 3.63) is 29.8 Å². The van der Waals surface area contributed by atoms with E-state index in [0.717, 1.165) is 0 Å². The SMILES string of the molecule is N.O=C(O)c1ccccc1O.[PbH2]. The summed E-state index contributed by atoms with van der Waals surface area (Å²) < 4.78 is 0. The van der Waals surface area contributed by atoms with Gasteiger partial charge in [0.2, 0.25) is 0 Å². The summed E-state index contributed by atoms with van der Waals surface area (Å²) in [7, 11) is 0. The second-order valence-electron chi connectivity index (χ2n) is 1.82. The number of carbonyl (C=O) groups is 1. The van der Waals surface area contributed by atoms with Crippen LogP contribution in [0.5, 0.6) is 5.75 Å². The molecule has 0 aromatic heterocycles. The van der Waals surface area contributed by atoms with Crippen molar-refractivity contribution in [1.29, 1.82) is 0 Å². The van der Waals surface area contributed by atoms with Crippen LogP contribution in [0, 0.1) is 0 Å². The Morgan fingerprint density at radius 1 is 1.25 bits per heavy atom. The molecule has 0 fully saturated rings. The number of carboxylic acid groups (broad SMARTS) is 1. The van der Waals surface area contributed by atoms with Gasteiger partial charge in [-0.2, -0.15) is 0 Å². The van der Waals surface area contributed by atoms with E-state index in [1.165, 1.54) is 12.1 Å². The van der Waals surface area contributed by atoms with Crippen LogP contribution in [0.2, 0.25) is 0 Å². The van der Waals surface area contributed by atoms with Crippen molar-refractivity contribution in [3.63, 3.8) is 0 Å². The molecule has 66 valence electrons. The van der Waals surface area contributed by atoms with Gasteiger partial charge >= 0.3 is 33.3 Å². The van der Waals surface area contributed by atoms with Crippen LogP contribution in [0.4, 0.5) is 0 Å². The molecule has 4 nitrogen and oxygen atoms in total. The maximum atomic E-state index is 10.3. The van der Waals surface area contributed by atoms with Crippen molar-refractivity contribution in [1.82, 2.24) is 6.15 Å². The molecular formula is C7H11NO3Pb. The number of aromatic hydroxyl groups is 1. The fraction of sp³-hybridized carbons (Fsp3) is 0. The number of carboxylic acids is 1. The minimum atomic E-state index is -1.11. The summed E-state index contributed by atoms with van der Waals surface area (Å²) in [6, 6.07) is 5.81. The number of para-hydroxylation sites is 1. The average Bonchev–Trinajstić information content (AvgIpc) is 1.88. The van der Waals surface area contributed by atoms with E-state index >= 15 is 0 Å². The third-order valence-electron chi connectivity index (χ3n) is 1.13. The van der Waals surface area contributed by atoms with Gasteiger partial charge in [-0.15, -0.1) is 0 Å². The number of hydrogen-bond donors (Lipinski definition) is 3. The Labute approximate surface area is 90.0 Å². The minimum absolute atomic E-state index is 0. The zero-order chi connectivity index (χ0) is 7.56. The van der Waals surface area contributed by atoms with Gasteiger partial charge < -0.3 is 16.4 Å². The molecular weight excluding hydrogens is 353 g/mol. The number of benzene rings is 1. The molecule has 12 heavy (non-hydrogen) atoms. The molecule has 1 aromatic rings. The third-order valence-corrected chi connectivity index (χ3v) is 1.13. The van der Waals surface area contributed by atoms with Gasteiger partial charge in [0.15, 0.2) is 0 Å². The number of hydrogen-bond acceptors (Lipinski definition) is 3. The van der Waals surface area contributed by atoms with Crippen LogP contribution >= 0.6 is 0 Å². The Morgan fingerprint density at radius 3 is 2.08 bits per heavy atom. The first-order valence-corrected chi connectivity index (χ1v) is 2.73. The normalized spacial score (nSPS) is 7.67. The molecule has 2 radical (unpaired) electrons. The van der Waals surface area contributed by atoms with E-state index in [4.69, 9.17) is 10.2 Å². The van der Waals surface area contributed by atoms with Crippen molar-refractivity contribution >= 4 is 33.3 Å². The molecule has 1 rings (SSSR count). The van der Waals surface area contributed by atoms with E-state index in [2.05, 4.69) is 0 Å². The molecule has 0 spiro atoms. The maximum absolute atomic E-state index is 10.3. The zero-order valence-electron chi connectivity index (χ0n) is 6.53. The molecule has 0 saturated carbocycles. The first kappa shape index (κ1) is 13.9. The Kier molecular flexibility index (Phi) is 6.91. The van der Waals surface area contributed by atoms with E-state index in [9.17, 15) is 4.79 Å². The van der Waals surface area contributed by atoms with Crippen molar-refractivity contribution < 1.29 is 15.0 Å². The van der Waals surface area contributed by atoms with Crippen LogP contribution < -0.4 is 6.15 Å². The Hall–Kier alpha value is -0.628. The average molecular weight is 364 g/mol. The first-order chi connectivity index (χ1) is 4.72. The molecule has 5 N–H and O–H groups in total. The van der Waals surface area contributed by atoms with Crippen LogP contribution in [-0.4, -0.2) is 43.5 Å². The summed E-state index contributed by atoms with van der Waals surface area (Å²) in [5, 5.41) is 17.3. The molecule has 0 aliphatic heterocycles. The van der Waals surface area contributed by atoms with Gasteiger partial charge in [0.25, 0.3) is 0 Å². The summed E-state index contributed by atoms with van der Waals surface area (Å²) >= 11 is 0. The fourth-order valence-electron chi connectivity index (χ4n) is 0.654. The molecule has 0 bridgehead atoms. The standard InChI is InChI=1S/C7H6O3.H3N.Pb.2H/c8-6-4-2-1-3-5(6)7(9)10;;;;/h1-4,8H,(H,9,10);1H3;;;. The van der Waals surface area contributed by atoms with Gasteiger partial charge in [-0.05, 0) is 12.1 Å². The van der Waals surface area contributed by atoms with E-state index in [-0.39, 0.29) is 44.8 Å². The molecule has 0 atom stereocenters. The molecule has 0 saturated heterocycles. The van der Waals surface area contributed by atoms with Crippen molar-refractivity contribution in [2.75, 3.05) is 0 Å². The van der Waals surface area contributed by atoms with E-state index in [0.29, 0.717) is 0 Å². The molecule has 0 amide bonds. The summed E-state index contributed by atoms with van der Waals surface area (Å²) in [6.45, 7) is 0. The van der Waals surface area contributed by atoms with E-state index in [1.807, 2.05) is 0 Å². The van der Waals surface area contributed by atoms with Crippen LogP contribution in [0.15, 0.2) is 24.3 Å². The zero-order valence-corrected chi connectivity index (χ0v) is 12.0. The second-order valence-corrected chi connectivity index (χ2v) is 1.82. The number of phenols is 1. The van der Waals surface area contributed by atoms with Crippen LogP contribution in [0.3, 0.4) is 0 Å². The fourth-order valence-corrected chi connectivity index (χ4v) is 0.654. The summed E-state index contributed by atoms with van der Waals surface area (Å²) in [5.41, 5.74) is -0.0671. The number of aromatic carboxylic acids is 1. The van der Waals surface area contributed by atoms with Gasteiger partial charge in [-0.25, -0.2) is 4.79 Å². The molecule has 5 heteroatoms. The molecule has 0 aliphatic rings. The summed E-state index contributed by atoms with van der Waals surface area (Å²) in [6.07, 6.45) is 0. The van der Waals surface area contributed by atoms with Crippen LogP contribution in [0.1, 0.15) is 10.4 Å². The van der Waals surface area contributed by atoms with Gasteiger partial charge in [-0.1, -0.05) is 12.1 Å². The van der Waals surface area contributed by atoms with Crippen molar-refractivity contribution in [2.45, 2.75) is 0 Å². The van der Waals surface area contributed by atoms with Gasteiger partial charge in [0.05, 0.1) is 0 Å². The topological polar surface area (TPSA) is 92.5 Å². The Bertz CT molecular complexity index is 265. The van der Waals surface area contributed by atoms with E-state index in [1.54, 1.807) is 12.1 Å². The van der Waals surface area contributed by atoms with Crippen molar-refractivity contribution in [2.24, 2.45) is 0 Å².